The minimum atomic E-state index is -4.15. The Bertz CT molecular complexity index is 928. The van der Waals surface area contributed by atoms with Crippen LogP contribution in [0.4, 0.5) is 11.4 Å². The van der Waals surface area contributed by atoms with Crippen LogP contribution in [0.25, 0.3) is 0 Å². The van der Waals surface area contributed by atoms with Crippen LogP contribution in [0, 0.1) is 10.1 Å². The lowest BCUT2D eigenvalue weighted by atomic mass is 10.1. The smallest absolute Gasteiger partial charge is 0.310 e. The third-order valence-electron chi connectivity index (χ3n) is 3.29. The molecule has 0 aliphatic heterocycles. The van der Waals surface area contributed by atoms with Crippen LogP contribution >= 0.6 is 15.9 Å². The van der Waals surface area contributed by atoms with Gasteiger partial charge in [0.25, 0.3) is 15.7 Å². The summed E-state index contributed by atoms with van der Waals surface area (Å²) in [5.74, 6) is -0.624. The minimum Gasteiger partial charge on any atom is -0.466 e. The molecule has 0 unspecified atom stereocenters. The number of nitro groups is 1. The molecular formula is C16H15BrN2O6S. The zero-order chi connectivity index (χ0) is 19.3. The van der Waals surface area contributed by atoms with Crippen molar-refractivity contribution in [1.82, 2.24) is 0 Å². The Balaban J connectivity index is 2.45. The highest BCUT2D eigenvalue weighted by atomic mass is 79.9. The Morgan fingerprint density at radius 3 is 2.46 bits per heavy atom. The number of rotatable bonds is 7. The molecule has 0 aliphatic rings. The molecule has 8 nitrogen and oxygen atoms in total. The number of ether oxygens (including phenoxy) is 1. The van der Waals surface area contributed by atoms with Crippen LogP contribution in [0.5, 0.6) is 0 Å². The van der Waals surface area contributed by atoms with Crippen molar-refractivity contribution in [3.63, 3.8) is 0 Å². The zero-order valence-corrected chi connectivity index (χ0v) is 16.0. The first-order chi connectivity index (χ1) is 12.2. The fourth-order valence-corrected chi connectivity index (χ4v) is 3.73. The molecule has 1 N–H and O–H groups in total. The summed E-state index contributed by atoms with van der Waals surface area (Å²) in [6, 6.07) is 9.66. The van der Waals surface area contributed by atoms with E-state index in [1.807, 2.05) is 0 Å². The Kier molecular flexibility index (Phi) is 6.32. The molecule has 0 fully saturated rings. The summed E-state index contributed by atoms with van der Waals surface area (Å²) in [4.78, 5) is 21.7. The van der Waals surface area contributed by atoms with Crippen molar-refractivity contribution in [2.45, 2.75) is 18.2 Å². The number of non-ortho nitro benzene ring substituents is 1. The van der Waals surface area contributed by atoms with Gasteiger partial charge in [-0.1, -0.05) is 22.0 Å². The maximum atomic E-state index is 12.7. The van der Waals surface area contributed by atoms with E-state index in [0.29, 0.717) is 0 Å². The van der Waals surface area contributed by atoms with Gasteiger partial charge < -0.3 is 4.74 Å². The van der Waals surface area contributed by atoms with Crippen LogP contribution in [-0.4, -0.2) is 25.9 Å². The average molecular weight is 443 g/mol. The molecule has 0 aromatic heterocycles. The Labute approximate surface area is 158 Å². The van der Waals surface area contributed by atoms with Crippen molar-refractivity contribution >= 4 is 43.3 Å². The van der Waals surface area contributed by atoms with E-state index in [1.165, 1.54) is 18.2 Å². The molecule has 0 saturated carbocycles. The lowest BCUT2D eigenvalue weighted by Crippen LogP contribution is -2.17. The number of nitro benzene ring substituents is 1. The molecule has 0 radical (unpaired) electrons. The lowest BCUT2D eigenvalue weighted by molar-refractivity contribution is -0.385. The van der Waals surface area contributed by atoms with Crippen LogP contribution in [0.3, 0.4) is 0 Å². The number of anilines is 1. The summed E-state index contributed by atoms with van der Waals surface area (Å²) in [5, 5.41) is 11.0. The number of hydrogen-bond acceptors (Lipinski definition) is 6. The third-order valence-corrected chi connectivity index (χ3v) is 5.28. The predicted octanol–water partition coefficient (Wildman–Crippen LogP) is 3.26. The van der Waals surface area contributed by atoms with Crippen LogP contribution < -0.4 is 4.72 Å². The molecule has 0 spiro atoms. The second-order valence-electron chi connectivity index (χ2n) is 5.14. The van der Waals surface area contributed by atoms with Crippen molar-refractivity contribution in [3.05, 3.63) is 62.6 Å². The summed E-state index contributed by atoms with van der Waals surface area (Å²) in [6.45, 7) is 1.77. The van der Waals surface area contributed by atoms with Gasteiger partial charge in [0.05, 0.1) is 22.8 Å². The van der Waals surface area contributed by atoms with Gasteiger partial charge in [-0.05, 0) is 36.8 Å². The maximum Gasteiger partial charge on any atom is 0.310 e. The molecule has 0 bridgehead atoms. The Morgan fingerprint density at radius 2 is 1.88 bits per heavy atom. The fraction of sp³-hybridized carbons (Fsp3) is 0.188. The van der Waals surface area contributed by atoms with Crippen molar-refractivity contribution in [2.24, 2.45) is 0 Å². The molecule has 26 heavy (non-hydrogen) atoms. The standard InChI is InChI=1S/C16H15BrN2O6S/c1-2-25-16(20)9-11-3-8-14(19(21)22)10-15(11)26(23,24)18-13-6-4-12(17)5-7-13/h3-8,10,18H,2,9H2,1H3. The van der Waals surface area contributed by atoms with Crippen molar-refractivity contribution in [2.75, 3.05) is 11.3 Å². The molecule has 0 aliphatic carbocycles. The molecule has 10 heteroatoms. The van der Waals surface area contributed by atoms with Gasteiger partial charge in [-0.25, -0.2) is 8.42 Å². The summed E-state index contributed by atoms with van der Waals surface area (Å²) in [6.07, 6.45) is -0.317. The summed E-state index contributed by atoms with van der Waals surface area (Å²) in [5.41, 5.74) is -0.00533. The molecular weight excluding hydrogens is 428 g/mol. The normalized spacial score (nSPS) is 11.0. The number of carbonyl (C=O) groups is 1. The van der Waals surface area contributed by atoms with Gasteiger partial charge in [-0.15, -0.1) is 0 Å². The minimum absolute atomic E-state index is 0.110. The average Bonchev–Trinajstić information content (AvgIpc) is 2.57. The number of benzene rings is 2. The quantitative estimate of drug-likeness (QED) is 0.399. The largest absolute Gasteiger partial charge is 0.466 e. The zero-order valence-electron chi connectivity index (χ0n) is 13.6. The lowest BCUT2D eigenvalue weighted by Gasteiger charge is -2.12. The van der Waals surface area contributed by atoms with Gasteiger partial charge in [0.15, 0.2) is 0 Å². The van der Waals surface area contributed by atoms with E-state index in [4.69, 9.17) is 4.74 Å². The first kappa shape index (κ1) is 19.9. The van der Waals surface area contributed by atoms with Gasteiger partial charge >= 0.3 is 5.97 Å². The number of nitrogens with zero attached hydrogens (tertiary/aromatic N) is 1. The van der Waals surface area contributed by atoms with Crippen LogP contribution in [-0.2, 0) is 26.0 Å². The maximum absolute atomic E-state index is 12.7. The molecule has 0 saturated heterocycles. The van der Waals surface area contributed by atoms with Crippen LogP contribution in [0.2, 0.25) is 0 Å². The molecule has 2 aromatic carbocycles. The second-order valence-corrected chi connectivity index (χ2v) is 7.71. The van der Waals surface area contributed by atoms with Gasteiger partial charge in [-0.3, -0.25) is 19.6 Å². The first-order valence-corrected chi connectivity index (χ1v) is 9.72. The van der Waals surface area contributed by atoms with E-state index in [-0.39, 0.29) is 29.2 Å². The van der Waals surface area contributed by atoms with E-state index < -0.39 is 26.6 Å². The molecule has 2 rings (SSSR count). The van der Waals surface area contributed by atoms with Crippen molar-refractivity contribution < 1.29 is 22.9 Å². The van der Waals surface area contributed by atoms with E-state index in [0.717, 1.165) is 16.6 Å². The van der Waals surface area contributed by atoms with Gasteiger partial charge in [0.1, 0.15) is 0 Å². The van der Waals surface area contributed by atoms with E-state index in [1.54, 1.807) is 19.1 Å². The number of sulfonamides is 1. The van der Waals surface area contributed by atoms with E-state index in [2.05, 4.69) is 20.7 Å². The summed E-state index contributed by atoms with van der Waals surface area (Å²) in [7, 11) is -4.15. The Morgan fingerprint density at radius 1 is 1.23 bits per heavy atom. The molecule has 0 amide bonds. The van der Waals surface area contributed by atoms with Crippen molar-refractivity contribution in [3.8, 4) is 0 Å². The SMILES string of the molecule is CCOC(=O)Cc1ccc([N+](=O)[O-])cc1S(=O)(=O)Nc1ccc(Br)cc1. The Hall–Kier alpha value is -2.46. The molecule has 0 atom stereocenters. The number of halogens is 1. The topological polar surface area (TPSA) is 116 Å². The molecule has 138 valence electrons. The summed E-state index contributed by atoms with van der Waals surface area (Å²) < 4.78 is 33.4. The van der Waals surface area contributed by atoms with Gasteiger partial charge in [0, 0.05) is 22.3 Å². The number of nitrogens with one attached hydrogen (secondary N) is 1. The van der Waals surface area contributed by atoms with Gasteiger partial charge in [-0.2, -0.15) is 0 Å². The monoisotopic (exact) mass is 442 g/mol. The number of esters is 1. The number of carbonyl (C=O) groups excluding carboxylic acids is 1. The predicted molar refractivity (Wildman–Crippen MR) is 98.4 cm³/mol. The highest BCUT2D eigenvalue weighted by Gasteiger charge is 2.24. The third kappa shape index (κ3) is 5.02. The van der Waals surface area contributed by atoms with E-state index in [9.17, 15) is 23.3 Å². The fourth-order valence-electron chi connectivity index (χ4n) is 2.15. The number of hydrogen-bond donors (Lipinski definition) is 1. The summed E-state index contributed by atoms with van der Waals surface area (Å²) >= 11 is 3.25. The van der Waals surface area contributed by atoms with Crippen LogP contribution in [0.1, 0.15) is 12.5 Å². The highest BCUT2D eigenvalue weighted by Crippen LogP contribution is 2.26. The van der Waals surface area contributed by atoms with Crippen LogP contribution in [0.15, 0.2) is 51.8 Å². The van der Waals surface area contributed by atoms with E-state index >= 15 is 0 Å². The molecule has 0 heterocycles. The molecule has 2 aromatic rings. The van der Waals surface area contributed by atoms with Gasteiger partial charge in [0.2, 0.25) is 0 Å². The second kappa shape index (κ2) is 8.28. The first-order valence-electron chi connectivity index (χ1n) is 7.44. The highest BCUT2D eigenvalue weighted by molar-refractivity contribution is 9.10. The van der Waals surface area contributed by atoms with Crippen molar-refractivity contribution in [1.29, 1.82) is 0 Å².